The Morgan fingerprint density at radius 2 is 1.83 bits per heavy atom. The molecule has 3 rings (SSSR count). The van der Waals surface area contributed by atoms with Crippen LogP contribution in [0.2, 0.25) is 0 Å². The van der Waals surface area contributed by atoms with Gasteiger partial charge >= 0.3 is 0 Å². The molecule has 0 aromatic heterocycles. The van der Waals surface area contributed by atoms with Crippen molar-refractivity contribution in [2.75, 3.05) is 32.7 Å². The molecule has 2 aromatic rings. The molecule has 24 heavy (non-hydrogen) atoms. The van der Waals surface area contributed by atoms with E-state index in [0.717, 1.165) is 25.3 Å². The molecule has 1 fully saturated rings. The number of rotatable bonds is 6. The maximum absolute atomic E-state index is 12.5. The van der Waals surface area contributed by atoms with E-state index in [1.807, 2.05) is 35.2 Å². The fraction of sp³-hybridized carbons (Fsp3) is 0.316. The molecular weight excluding hydrogens is 302 g/mol. The van der Waals surface area contributed by atoms with Crippen molar-refractivity contribution in [3.63, 3.8) is 0 Å². The first kappa shape index (κ1) is 16.5. The number of carbonyl (C=O) groups is 1. The summed E-state index contributed by atoms with van der Waals surface area (Å²) in [5.74, 6) is 0.0864. The first-order chi connectivity index (χ1) is 11.7. The maximum Gasteiger partial charge on any atom is 0.253 e. The summed E-state index contributed by atoms with van der Waals surface area (Å²) in [6.07, 6.45) is 0. The molecule has 1 heterocycles. The number of amides is 1. The van der Waals surface area contributed by atoms with Crippen LogP contribution in [-0.4, -0.2) is 49.0 Å². The minimum absolute atomic E-state index is 0.0864. The van der Waals surface area contributed by atoms with Crippen molar-refractivity contribution in [3.8, 4) is 0 Å². The minimum Gasteiger partial charge on any atom is -0.335 e. The molecule has 0 spiro atoms. The predicted octanol–water partition coefficient (Wildman–Crippen LogP) is 2.62. The predicted molar refractivity (Wildman–Crippen MR) is 94.7 cm³/mol. The molecule has 1 aliphatic rings. The van der Waals surface area contributed by atoms with Crippen molar-refractivity contribution in [1.82, 2.24) is 9.80 Å². The summed E-state index contributed by atoms with van der Waals surface area (Å²) >= 11 is 0. The molecule has 0 atom stereocenters. The standard InChI is InChI=1S/C19H23N3O2/c1-21(12-15-6-4-3-5-7-15)18-13-22(14-18)19(23)16-8-10-17(11-9-16)20-24-2/h3-11,18,20H,12-14H2,1-2H3. The van der Waals surface area contributed by atoms with Crippen LogP contribution in [0.25, 0.3) is 0 Å². The molecule has 0 bridgehead atoms. The van der Waals surface area contributed by atoms with Gasteiger partial charge in [0.1, 0.15) is 0 Å². The summed E-state index contributed by atoms with van der Waals surface area (Å²) in [5.41, 5.74) is 5.58. The Morgan fingerprint density at radius 3 is 2.46 bits per heavy atom. The third kappa shape index (κ3) is 3.75. The third-order valence-electron chi connectivity index (χ3n) is 4.40. The SMILES string of the molecule is CONc1ccc(C(=O)N2CC(N(C)Cc3ccccc3)C2)cc1. The van der Waals surface area contributed by atoms with Crippen molar-refractivity contribution in [2.45, 2.75) is 12.6 Å². The van der Waals surface area contributed by atoms with Gasteiger partial charge in [-0.15, -0.1) is 0 Å². The van der Waals surface area contributed by atoms with Gasteiger partial charge in [0.05, 0.1) is 12.8 Å². The van der Waals surface area contributed by atoms with Crippen LogP contribution < -0.4 is 5.48 Å². The number of likely N-dealkylation sites (N-methyl/N-ethyl adjacent to an activating group) is 1. The molecule has 1 aliphatic heterocycles. The molecule has 1 saturated heterocycles. The van der Waals surface area contributed by atoms with Crippen LogP contribution in [0.4, 0.5) is 5.69 Å². The number of benzene rings is 2. The van der Waals surface area contributed by atoms with Crippen LogP contribution in [0.3, 0.4) is 0 Å². The zero-order valence-corrected chi connectivity index (χ0v) is 14.1. The van der Waals surface area contributed by atoms with E-state index in [9.17, 15) is 4.79 Å². The topological polar surface area (TPSA) is 44.8 Å². The van der Waals surface area contributed by atoms with Gasteiger partial charge in [-0.25, -0.2) is 0 Å². The Hall–Kier alpha value is -2.37. The molecule has 0 saturated carbocycles. The number of hydrogen-bond donors (Lipinski definition) is 1. The minimum atomic E-state index is 0.0864. The van der Waals surface area contributed by atoms with Crippen molar-refractivity contribution >= 4 is 11.6 Å². The Balaban J connectivity index is 1.51. The quantitative estimate of drug-likeness (QED) is 0.829. The highest BCUT2D eigenvalue weighted by Gasteiger charge is 2.33. The smallest absolute Gasteiger partial charge is 0.253 e. The van der Waals surface area contributed by atoms with Crippen molar-refractivity contribution in [2.24, 2.45) is 0 Å². The zero-order chi connectivity index (χ0) is 16.9. The van der Waals surface area contributed by atoms with E-state index in [0.29, 0.717) is 11.6 Å². The molecule has 1 N–H and O–H groups in total. The lowest BCUT2D eigenvalue weighted by Crippen LogP contribution is -2.59. The Labute approximate surface area is 142 Å². The van der Waals surface area contributed by atoms with E-state index in [1.165, 1.54) is 5.56 Å². The van der Waals surface area contributed by atoms with Gasteiger partial charge in [-0.05, 0) is 36.9 Å². The van der Waals surface area contributed by atoms with Crippen molar-refractivity contribution < 1.29 is 9.63 Å². The van der Waals surface area contributed by atoms with Crippen molar-refractivity contribution in [3.05, 3.63) is 65.7 Å². The second-order valence-electron chi connectivity index (χ2n) is 6.15. The van der Waals surface area contributed by atoms with Crippen LogP contribution >= 0.6 is 0 Å². The second kappa shape index (κ2) is 7.47. The molecule has 1 amide bonds. The van der Waals surface area contributed by atoms with Gasteiger partial charge in [-0.3, -0.25) is 20.0 Å². The van der Waals surface area contributed by atoms with Crippen LogP contribution in [0, 0.1) is 0 Å². The number of hydrogen-bond acceptors (Lipinski definition) is 4. The number of nitrogens with one attached hydrogen (secondary N) is 1. The van der Waals surface area contributed by atoms with Crippen LogP contribution in [0.15, 0.2) is 54.6 Å². The van der Waals surface area contributed by atoms with Gasteiger partial charge in [0.15, 0.2) is 0 Å². The molecule has 0 unspecified atom stereocenters. The Kier molecular flexibility index (Phi) is 5.13. The molecule has 126 valence electrons. The lowest BCUT2D eigenvalue weighted by molar-refractivity contribution is 0.0321. The summed E-state index contributed by atoms with van der Waals surface area (Å²) < 4.78 is 0. The van der Waals surface area contributed by atoms with E-state index in [4.69, 9.17) is 4.84 Å². The molecular formula is C19H23N3O2. The van der Waals surface area contributed by atoms with Crippen LogP contribution in [-0.2, 0) is 11.4 Å². The summed E-state index contributed by atoms with van der Waals surface area (Å²) in [6, 6.07) is 18.2. The van der Waals surface area contributed by atoms with Crippen LogP contribution in [0.5, 0.6) is 0 Å². The Bertz CT molecular complexity index is 667. The normalized spacial score (nSPS) is 14.5. The van der Waals surface area contributed by atoms with Gasteiger partial charge in [-0.2, -0.15) is 0 Å². The fourth-order valence-electron chi connectivity index (χ4n) is 2.88. The highest BCUT2D eigenvalue weighted by atomic mass is 16.6. The van der Waals surface area contributed by atoms with Gasteiger partial charge < -0.3 is 4.90 Å². The van der Waals surface area contributed by atoms with Crippen LogP contribution in [0.1, 0.15) is 15.9 Å². The zero-order valence-electron chi connectivity index (χ0n) is 14.1. The summed E-state index contributed by atoms with van der Waals surface area (Å²) in [7, 11) is 3.68. The lowest BCUT2D eigenvalue weighted by atomic mass is 10.0. The van der Waals surface area contributed by atoms with Gasteiger partial charge in [0, 0.05) is 31.2 Å². The average Bonchev–Trinajstić information content (AvgIpc) is 2.55. The van der Waals surface area contributed by atoms with E-state index < -0.39 is 0 Å². The van der Waals surface area contributed by atoms with Gasteiger partial charge in [0.25, 0.3) is 5.91 Å². The third-order valence-corrected chi connectivity index (χ3v) is 4.40. The molecule has 5 nitrogen and oxygen atoms in total. The average molecular weight is 325 g/mol. The summed E-state index contributed by atoms with van der Waals surface area (Å²) in [5, 5.41) is 0. The van der Waals surface area contributed by atoms with E-state index in [-0.39, 0.29) is 5.91 Å². The first-order valence-corrected chi connectivity index (χ1v) is 8.10. The van der Waals surface area contributed by atoms with Crippen molar-refractivity contribution in [1.29, 1.82) is 0 Å². The van der Waals surface area contributed by atoms with E-state index in [1.54, 1.807) is 7.11 Å². The Morgan fingerprint density at radius 1 is 1.17 bits per heavy atom. The van der Waals surface area contributed by atoms with Gasteiger partial charge in [0.2, 0.25) is 0 Å². The highest BCUT2D eigenvalue weighted by molar-refractivity contribution is 5.95. The summed E-state index contributed by atoms with van der Waals surface area (Å²) in [6.45, 7) is 2.46. The molecule has 0 aliphatic carbocycles. The second-order valence-corrected chi connectivity index (χ2v) is 6.15. The lowest BCUT2D eigenvalue weighted by Gasteiger charge is -2.44. The van der Waals surface area contributed by atoms with E-state index >= 15 is 0 Å². The van der Waals surface area contributed by atoms with Gasteiger partial charge in [-0.1, -0.05) is 30.3 Å². The largest absolute Gasteiger partial charge is 0.335 e. The van der Waals surface area contributed by atoms with E-state index in [2.05, 4.69) is 41.7 Å². The highest BCUT2D eigenvalue weighted by Crippen LogP contribution is 2.20. The first-order valence-electron chi connectivity index (χ1n) is 8.10. The number of likely N-dealkylation sites (tertiary alicyclic amines) is 1. The monoisotopic (exact) mass is 325 g/mol. The maximum atomic E-state index is 12.5. The number of nitrogens with zero attached hydrogens (tertiary/aromatic N) is 2. The summed E-state index contributed by atoms with van der Waals surface area (Å²) in [4.78, 5) is 21.5. The molecule has 0 radical (unpaired) electrons. The molecule has 2 aromatic carbocycles. The fourth-order valence-corrected chi connectivity index (χ4v) is 2.88. The number of anilines is 1. The molecule has 5 heteroatoms. The number of carbonyl (C=O) groups excluding carboxylic acids is 1.